The second kappa shape index (κ2) is 11.3. The second-order valence-electron chi connectivity index (χ2n) is 7.43. The maximum atomic E-state index is 12.4. The van der Waals surface area contributed by atoms with Gasteiger partial charge in [-0.2, -0.15) is 13.2 Å². The van der Waals surface area contributed by atoms with Crippen molar-refractivity contribution >= 4 is 17.7 Å². The molecule has 0 aliphatic carbocycles. The average Bonchev–Trinajstić information content (AvgIpc) is 2.69. The van der Waals surface area contributed by atoms with Crippen LogP contribution in [0.2, 0.25) is 0 Å². The fraction of sp³-hybridized carbons (Fsp3) is 0.409. The molecule has 1 amide bonds. The number of methoxy groups -OCH3 is 1. The van der Waals surface area contributed by atoms with Crippen LogP contribution in [-0.4, -0.2) is 24.6 Å². The summed E-state index contributed by atoms with van der Waals surface area (Å²) in [5.41, 5.74) is 2.78. The Labute approximate surface area is 184 Å². The number of primary amides is 1. The van der Waals surface area contributed by atoms with Gasteiger partial charge in [-0.05, 0) is 59.5 Å². The van der Waals surface area contributed by atoms with Gasteiger partial charge in [-0.3, -0.25) is 4.79 Å². The third kappa shape index (κ3) is 8.70. The van der Waals surface area contributed by atoms with E-state index in [-0.39, 0.29) is 29.2 Å². The van der Waals surface area contributed by atoms with Gasteiger partial charge in [0.25, 0.3) is 0 Å². The van der Waals surface area contributed by atoms with Gasteiger partial charge in [0.05, 0.1) is 13.2 Å². The van der Waals surface area contributed by atoms with E-state index in [2.05, 4.69) is 5.32 Å². The van der Waals surface area contributed by atoms with Crippen LogP contribution in [0.25, 0.3) is 0 Å². The Morgan fingerprint density at radius 3 is 2.29 bits per heavy atom. The molecule has 3 N–H and O–H groups in total. The summed E-state index contributed by atoms with van der Waals surface area (Å²) in [7, 11) is 1.52. The molecule has 0 bridgehead atoms. The number of alkyl halides is 3. The zero-order valence-corrected chi connectivity index (χ0v) is 18.5. The molecule has 0 aliphatic rings. The largest absolute Gasteiger partial charge is 0.493 e. The van der Waals surface area contributed by atoms with Crippen molar-refractivity contribution in [3.63, 3.8) is 0 Å². The summed E-state index contributed by atoms with van der Waals surface area (Å²) in [5, 5.41) is 3.16. The predicted octanol–water partition coefficient (Wildman–Crippen LogP) is 4.88. The zero-order chi connectivity index (χ0) is 23.0. The maximum absolute atomic E-state index is 12.4. The van der Waals surface area contributed by atoms with E-state index in [9.17, 15) is 18.0 Å². The standard InChI is InChI=1S/C22H27F3N2O3S/c1-14(2)10-18(21(26)28)27-12-16-6-9-19(20(11-16)29-3)30-13-15-4-7-17(8-5-15)31-22(23,24)25/h4-9,11,14,18,27H,10,12-13H2,1-3H3,(H2,26,28). The lowest BCUT2D eigenvalue weighted by atomic mass is 10.0. The molecule has 5 nitrogen and oxygen atoms in total. The molecule has 0 aliphatic heterocycles. The first-order valence-corrected chi connectivity index (χ1v) is 10.6. The number of nitrogens with two attached hydrogens (primary N) is 1. The topological polar surface area (TPSA) is 73.6 Å². The molecule has 170 valence electrons. The quantitative estimate of drug-likeness (QED) is 0.472. The minimum atomic E-state index is -4.31. The van der Waals surface area contributed by atoms with Crippen LogP contribution in [0.15, 0.2) is 47.4 Å². The molecule has 0 heterocycles. The number of ether oxygens (including phenoxy) is 2. The Morgan fingerprint density at radius 2 is 1.74 bits per heavy atom. The van der Waals surface area contributed by atoms with Crippen LogP contribution in [0.5, 0.6) is 11.5 Å². The fourth-order valence-corrected chi connectivity index (χ4v) is 3.44. The van der Waals surface area contributed by atoms with Crippen molar-refractivity contribution in [3.05, 3.63) is 53.6 Å². The van der Waals surface area contributed by atoms with Crippen molar-refractivity contribution < 1.29 is 27.4 Å². The van der Waals surface area contributed by atoms with Crippen LogP contribution in [0.3, 0.4) is 0 Å². The van der Waals surface area contributed by atoms with E-state index in [1.165, 1.54) is 19.2 Å². The van der Waals surface area contributed by atoms with E-state index >= 15 is 0 Å². The highest BCUT2D eigenvalue weighted by Crippen LogP contribution is 2.37. The Kier molecular flexibility index (Phi) is 9.06. The third-order valence-electron chi connectivity index (χ3n) is 4.38. The fourth-order valence-electron chi connectivity index (χ4n) is 2.90. The predicted molar refractivity (Wildman–Crippen MR) is 115 cm³/mol. The molecule has 0 saturated carbocycles. The Morgan fingerprint density at radius 1 is 1.10 bits per heavy atom. The molecule has 1 atom stereocenters. The van der Waals surface area contributed by atoms with Crippen molar-refractivity contribution in [1.29, 1.82) is 0 Å². The molecule has 1 unspecified atom stereocenters. The number of benzene rings is 2. The van der Waals surface area contributed by atoms with Gasteiger partial charge < -0.3 is 20.5 Å². The lowest BCUT2D eigenvalue weighted by molar-refractivity contribution is -0.120. The molecule has 0 radical (unpaired) electrons. The number of carbonyl (C=O) groups excluding carboxylic acids is 1. The number of hydrogen-bond acceptors (Lipinski definition) is 5. The third-order valence-corrected chi connectivity index (χ3v) is 5.12. The summed E-state index contributed by atoms with van der Waals surface area (Å²) in [6, 6.07) is 11.0. The van der Waals surface area contributed by atoms with Crippen LogP contribution in [0.1, 0.15) is 31.4 Å². The van der Waals surface area contributed by atoms with Crippen molar-refractivity contribution in [1.82, 2.24) is 5.32 Å². The minimum absolute atomic E-state index is 0.123. The van der Waals surface area contributed by atoms with Gasteiger partial charge in [0, 0.05) is 11.4 Å². The molecule has 0 spiro atoms. The van der Waals surface area contributed by atoms with Crippen molar-refractivity contribution in [2.75, 3.05) is 7.11 Å². The van der Waals surface area contributed by atoms with Crippen molar-refractivity contribution in [3.8, 4) is 11.5 Å². The summed E-state index contributed by atoms with van der Waals surface area (Å²) in [5.74, 6) is 0.966. The summed E-state index contributed by atoms with van der Waals surface area (Å²) >= 11 is -0.153. The summed E-state index contributed by atoms with van der Waals surface area (Å²) in [4.78, 5) is 11.7. The monoisotopic (exact) mass is 456 g/mol. The Hall–Kier alpha value is -2.39. The maximum Gasteiger partial charge on any atom is 0.446 e. The van der Waals surface area contributed by atoms with Gasteiger partial charge in [-0.25, -0.2) is 0 Å². The number of nitrogens with one attached hydrogen (secondary N) is 1. The van der Waals surface area contributed by atoms with Crippen LogP contribution in [0.4, 0.5) is 13.2 Å². The number of carbonyl (C=O) groups is 1. The SMILES string of the molecule is COc1cc(CNC(CC(C)C)C(N)=O)ccc1OCc1ccc(SC(F)(F)F)cc1. The molecule has 31 heavy (non-hydrogen) atoms. The second-order valence-corrected chi connectivity index (χ2v) is 8.57. The first kappa shape index (κ1) is 24.9. The average molecular weight is 457 g/mol. The number of hydrogen-bond donors (Lipinski definition) is 2. The van der Waals surface area contributed by atoms with E-state index in [4.69, 9.17) is 15.2 Å². The zero-order valence-electron chi connectivity index (χ0n) is 17.7. The first-order valence-electron chi connectivity index (χ1n) is 9.74. The van der Waals surface area contributed by atoms with Gasteiger partial charge >= 0.3 is 5.51 Å². The number of halogens is 3. The van der Waals surface area contributed by atoms with E-state index < -0.39 is 11.6 Å². The van der Waals surface area contributed by atoms with Crippen molar-refractivity contribution in [2.24, 2.45) is 11.7 Å². The molecular weight excluding hydrogens is 429 g/mol. The van der Waals surface area contributed by atoms with E-state index in [1.54, 1.807) is 24.3 Å². The van der Waals surface area contributed by atoms with Crippen LogP contribution in [-0.2, 0) is 17.9 Å². The first-order chi connectivity index (χ1) is 14.6. The molecular formula is C22H27F3N2O3S. The van der Waals surface area contributed by atoms with Gasteiger partial charge in [-0.15, -0.1) is 0 Å². The Bertz CT molecular complexity index is 858. The van der Waals surface area contributed by atoms with E-state index in [0.29, 0.717) is 30.4 Å². The highest BCUT2D eigenvalue weighted by atomic mass is 32.2. The van der Waals surface area contributed by atoms with Crippen molar-refractivity contribution in [2.45, 2.75) is 49.9 Å². The highest BCUT2D eigenvalue weighted by molar-refractivity contribution is 8.00. The normalized spacial score (nSPS) is 12.6. The highest BCUT2D eigenvalue weighted by Gasteiger charge is 2.29. The summed E-state index contributed by atoms with van der Waals surface area (Å²) in [6.07, 6.45) is 0.647. The van der Waals surface area contributed by atoms with Crippen LogP contribution in [0, 0.1) is 5.92 Å². The smallest absolute Gasteiger partial charge is 0.446 e. The molecule has 0 fully saturated rings. The minimum Gasteiger partial charge on any atom is -0.493 e. The van der Waals surface area contributed by atoms with Gasteiger partial charge in [-0.1, -0.05) is 32.0 Å². The van der Waals surface area contributed by atoms with Gasteiger partial charge in [0.1, 0.15) is 6.61 Å². The number of amides is 1. The molecule has 0 saturated heterocycles. The number of thioether (sulfide) groups is 1. The summed E-state index contributed by atoms with van der Waals surface area (Å²) in [6.45, 7) is 4.67. The Balaban J connectivity index is 1.97. The van der Waals surface area contributed by atoms with Gasteiger partial charge in [0.2, 0.25) is 5.91 Å². The molecule has 2 aromatic carbocycles. The van der Waals surface area contributed by atoms with Crippen LogP contribution < -0.4 is 20.5 Å². The molecule has 2 rings (SSSR count). The van der Waals surface area contributed by atoms with Gasteiger partial charge in [0.15, 0.2) is 11.5 Å². The molecule has 9 heteroatoms. The molecule has 0 aromatic heterocycles. The van der Waals surface area contributed by atoms with E-state index in [1.807, 2.05) is 19.9 Å². The van der Waals surface area contributed by atoms with Crippen LogP contribution >= 0.6 is 11.8 Å². The lowest BCUT2D eigenvalue weighted by Gasteiger charge is -2.18. The summed E-state index contributed by atoms with van der Waals surface area (Å²) < 4.78 is 48.4. The number of rotatable bonds is 11. The van der Waals surface area contributed by atoms with E-state index in [0.717, 1.165) is 11.1 Å². The molecule has 2 aromatic rings. The lowest BCUT2D eigenvalue weighted by Crippen LogP contribution is -2.41.